The van der Waals surface area contributed by atoms with Crippen molar-refractivity contribution in [3.8, 4) is 0 Å². The molecule has 4 nitrogen and oxygen atoms in total. The lowest BCUT2D eigenvalue weighted by atomic mass is 9.94. The molecule has 3 heterocycles. The standard InChI is InChI=1S/C12H20N4/c1-2-8-16-11(3-1)14-15-12(16)9-10-4-6-13-7-5-10/h10,13H,1-9H2. The van der Waals surface area contributed by atoms with Crippen LogP contribution < -0.4 is 5.32 Å². The maximum Gasteiger partial charge on any atom is 0.133 e. The molecular formula is C12H20N4. The lowest BCUT2D eigenvalue weighted by Crippen LogP contribution is -2.29. The number of nitrogens with one attached hydrogen (secondary N) is 1. The van der Waals surface area contributed by atoms with E-state index in [-0.39, 0.29) is 0 Å². The summed E-state index contributed by atoms with van der Waals surface area (Å²) < 4.78 is 2.37. The fraction of sp³-hybridized carbons (Fsp3) is 0.833. The van der Waals surface area contributed by atoms with E-state index >= 15 is 0 Å². The molecule has 0 bridgehead atoms. The third-order valence-corrected chi connectivity index (χ3v) is 3.87. The Morgan fingerprint density at radius 2 is 2.06 bits per heavy atom. The molecule has 0 atom stereocenters. The Morgan fingerprint density at radius 1 is 1.19 bits per heavy atom. The smallest absolute Gasteiger partial charge is 0.133 e. The zero-order valence-electron chi connectivity index (χ0n) is 9.78. The van der Waals surface area contributed by atoms with Gasteiger partial charge < -0.3 is 9.88 Å². The number of hydrogen-bond acceptors (Lipinski definition) is 3. The highest BCUT2D eigenvalue weighted by atomic mass is 15.3. The summed E-state index contributed by atoms with van der Waals surface area (Å²) in [5.74, 6) is 3.27. The van der Waals surface area contributed by atoms with Gasteiger partial charge in [0, 0.05) is 19.4 Å². The minimum absolute atomic E-state index is 0.816. The Labute approximate surface area is 96.4 Å². The van der Waals surface area contributed by atoms with Gasteiger partial charge in [-0.1, -0.05) is 0 Å². The van der Waals surface area contributed by atoms with Gasteiger partial charge in [-0.3, -0.25) is 0 Å². The van der Waals surface area contributed by atoms with E-state index in [0.29, 0.717) is 0 Å². The van der Waals surface area contributed by atoms with Gasteiger partial charge in [-0.25, -0.2) is 0 Å². The van der Waals surface area contributed by atoms with E-state index in [9.17, 15) is 0 Å². The monoisotopic (exact) mass is 220 g/mol. The van der Waals surface area contributed by atoms with Crippen LogP contribution in [0.2, 0.25) is 0 Å². The van der Waals surface area contributed by atoms with Crippen molar-refractivity contribution < 1.29 is 0 Å². The van der Waals surface area contributed by atoms with Crippen LogP contribution in [0.25, 0.3) is 0 Å². The van der Waals surface area contributed by atoms with Crippen LogP contribution in [0.5, 0.6) is 0 Å². The highest BCUT2D eigenvalue weighted by Gasteiger charge is 2.20. The van der Waals surface area contributed by atoms with Crippen molar-refractivity contribution in [1.29, 1.82) is 0 Å². The molecule has 1 fully saturated rings. The lowest BCUT2D eigenvalue weighted by Gasteiger charge is -2.23. The highest BCUT2D eigenvalue weighted by Crippen LogP contribution is 2.20. The first-order valence-corrected chi connectivity index (χ1v) is 6.55. The van der Waals surface area contributed by atoms with Crippen molar-refractivity contribution in [2.24, 2.45) is 5.92 Å². The number of aromatic nitrogens is 3. The largest absolute Gasteiger partial charge is 0.317 e. The fourth-order valence-corrected chi connectivity index (χ4v) is 2.86. The van der Waals surface area contributed by atoms with Gasteiger partial charge >= 0.3 is 0 Å². The second kappa shape index (κ2) is 4.53. The highest BCUT2D eigenvalue weighted by molar-refractivity contribution is 5.00. The van der Waals surface area contributed by atoms with Crippen molar-refractivity contribution in [1.82, 2.24) is 20.1 Å². The van der Waals surface area contributed by atoms with Crippen molar-refractivity contribution in [2.75, 3.05) is 13.1 Å². The lowest BCUT2D eigenvalue weighted by molar-refractivity contribution is 0.359. The molecule has 4 heteroatoms. The number of hydrogen-bond donors (Lipinski definition) is 1. The maximum absolute atomic E-state index is 4.38. The predicted octanol–water partition coefficient (Wildman–Crippen LogP) is 1.16. The van der Waals surface area contributed by atoms with Gasteiger partial charge in [0.1, 0.15) is 11.6 Å². The van der Waals surface area contributed by atoms with Crippen LogP contribution in [0, 0.1) is 5.92 Å². The Hall–Kier alpha value is -0.900. The molecule has 0 radical (unpaired) electrons. The molecule has 16 heavy (non-hydrogen) atoms. The molecule has 1 N–H and O–H groups in total. The minimum atomic E-state index is 0.816. The molecule has 0 unspecified atom stereocenters. The summed E-state index contributed by atoms with van der Waals surface area (Å²) >= 11 is 0. The molecule has 1 aromatic heterocycles. The van der Waals surface area contributed by atoms with E-state index in [0.717, 1.165) is 25.3 Å². The Balaban J connectivity index is 1.71. The molecule has 0 aliphatic carbocycles. The zero-order chi connectivity index (χ0) is 10.8. The van der Waals surface area contributed by atoms with E-state index in [1.54, 1.807) is 0 Å². The second-order valence-corrected chi connectivity index (χ2v) is 5.04. The third-order valence-electron chi connectivity index (χ3n) is 3.87. The van der Waals surface area contributed by atoms with Gasteiger partial charge in [0.05, 0.1) is 0 Å². The van der Waals surface area contributed by atoms with Crippen LogP contribution in [0.4, 0.5) is 0 Å². The van der Waals surface area contributed by atoms with Crippen LogP contribution in [-0.2, 0) is 19.4 Å². The fourth-order valence-electron chi connectivity index (χ4n) is 2.86. The van der Waals surface area contributed by atoms with Crippen LogP contribution in [0.3, 0.4) is 0 Å². The molecule has 1 aromatic rings. The number of nitrogens with zero attached hydrogens (tertiary/aromatic N) is 3. The summed E-state index contributed by atoms with van der Waals surface area (Å²) in [6.07, 6.45) is 7.42. The van der Waals surface area contributed by atoms with Crippen LogP contribution >= 0.6 is 0 Å². The summed E-state index contributed by atoms with van der Waals surface area (Å²) in [7, 11) is 0. The average molecular weight is 220 g/mol. The van der Waals surface area contributed by atoms with Crippen LogP contribution in [0.15, 0.2) is 0 Å². The first-order valence-electron chi connectivity index (χ1n) is 6.55. The van der Waals surface area contributed by atoms with Crippen molar-refractivity contribution in [3.63, 3.8) is 0 Å². The van der Waals surface area contributed by atoms with E-state index in [2.05, 4.69) is 20.1 Å². The SMILES string of the molecule is C1CCn2c(nnc2CC2CCNCC2)C1. The van der Waals surface area contributed by atoms with Crippen molar-refractivity contribution in [2.45, 2.75) is 45.1 Å². The molecule has 0 saturated carbocycles. The summed E-state index contributed by atoms with van der Waals surface area (Å²) in [5.41, 5.74) is 0. The molecule has 0 spiro atoms. The van der Waals surface area contributed by atoms with Gasteiger partial charge in [0.25, 0.3) is 0 Å². The Bertz CT molecular complexity index is 352. The molecule has 88 valence electrons. The quantitative estimate of drug-likeness (QED) is 0.813. The summed E-state index contributed by atoms with van der Waals surface area (Å²) in [5, 5.41) is 12.1. The van der Waals surface area contributed by atoms with Gasteiger partial charge in [0.2, 0.25) is 0 Å². The maximum atomic E-state index is 4.38. The molecular weight excluding hydrogens is 200 g/mol. The van der Waals surface area contributed by atoms with Crippen LogP contribution in [-0.4, -0.2) is 27.9 Å². The third kappa shape index (κ3) is 1.98. The second-order valence-electron chi connectivity index (χ2n) is 5.04. The predicted molar refractivity (Wildman–Crippen MR) is 62.3 cm³/mol. The number of piperidine rings is 1. The Morgan fingerprint density at radius 3 is 2.94 bits per heavy atom. The van der Waals surface area contributed by atoms with E-state index in [1.807, 2.05) is 0 Å². The average Bonchev–Trinajstić information content (AvgIpc) is 2.74. The number of fused-ring (bicyclic) bond motifs is 1. The molecule has 1 saturated heterocycles. The first-order chi connectivity index (χ1) is 7.93. The van der Waals surface area contributed by atoms with Gasteiger partial charge in [0.15, 0.2) is 0 Å². The molecule has 2 aliphatic rings. The van der Waals surface area contributed by atoms with Crippen LogP contribution in [0.1, 0.15) is 37.3 Å². The number of aryl methyl sites for hydroxylation is 1. The Kier molecular flexibility index (Phi) is 2.91. The molecule has 3 rings (SSSR count). The molecule has 2 aliphatic heterocycles. The van der Waals surface area contributed by atoms with E-state index < -0.39 is 0 Å². The van der Waals surface area contributed by atoms with Crippen molar-refractivity contribution in [3.05, 3.63) is 11.6 Å². The van der Waals surface area contributed by atoms with Crippen molar-refractivity contribution >= 4 is 0 Å². The zero-order valence-corrected chi connectivity index (χ0v) is 9.78. The topological polar surface area (TPSA) is 42.7 Å². The molecule has 0 amide bonds. The normalized spacial score (nSPS) is 22.0. The van der Waals surface area contributed by atoms with E-state index in [1.165, 1.54) is 50.4 Å². The van der Waals surface area contributed by atoms with Gasteiger partial charge in [-0.15, -0.1) is 10.2 Å². The van der Waals surface area contributed by atoms with E-state index in [4.69, 9.17) is 0 Å². The van der Waals surface area contributed by atoms with Gasteiger partial charge in [-0.2, -0.15) is 0 Å². The summed E-state index contributed by atoms with van der Waals surface area (Å²) in [4.78, 5) is 0. The first kappa shape index (κ1) is 10.3. The van der Waals surface area contributed by atoms with Gasteiger partial charge in [-0.05, 0) is 44.7 Å². The summed E-state index contributed by atoms with van der Waals surface area (Å²) in [6, 6.07) is 0. The summed E-state index contributed by atoms with van der Waals surface area (Å²) in [6.45, 7) is 3.49. The minimum Gasteiger partial charge on any atom is -0.317 e. The number of rotatable bonds is 2. The molecule has 0 aromatic carbocycles.